The Morgan fingerprint density at radius 1 is 1.19 bits per heavy atom. The minimum atomic E-state index is -4.42. The minimum Gasteiger partial charge on any atom is -0.352 e. The van der Waals surface area contributed by atoms with Gasteiger partial charge in [0, 0.05) is 35.5 Å². The molecular weight excluding hydrogens is 431 g/mol. The molecule has 2 amide bonds. The standard InChI is InChI=1S/C22H23ClF3N3O2/c1-12(2)21(31)27-11-13-3-8-17(23)16(9-13)20-28-18(10-19(30)29-20)14-4-6-15(7-5-14)22(24,25)26/h3-9,12,18,20,28H,10-11H2,1-2H3,(H,27,31)(H,29,30). The number of halogens is 4. The summed E-state index contributed by atoms with van der Waals surface area (Å²) >= 11 is 6.35. The van der Waals surface area contributed by atoms with Gasteiger partial charge in [0.25, 0.3) is 0 Å². The Balaban J connectivity index is 1.79. The van der Waals surface area contributed by atoms with E-state index in [1.54, 1.807) is 32.0 Å². The molecule has 0 radical (unpaired) electrons. The number of benzene rings is 2. The Bertz CT molecular complexity index is 961. The molecule has 1 fully saturated rings. The molecule has 2 aromatic rings. The van der Waals surface area contributed by atoms with Crippen LogP contribution >= 0.6 is 11.6 Å². The highest BCUT2D eigenvalue weighted by molar-refractivity contribution is 6.31. The van der Waals surface area contributed by atoms with Crippen LogP contribution in [0.1, 0.15) is 54.7 Å². The largest absolute Gasteiger partial charge is 0.416 e. The third kappa shape index (κ3) is 5.77. The van der Waals surface area contributed by atoms with Crippen molar-refractivity contribution in [1.82, 2.24) is 16.0 Å². The van der Waals surface area contributed by atoms with Crippen molar-refractivity contribution in [2.45, 2.75) is 45.2 Å². The number of carbonyl (C=O) groups excluding carboxylic acids is 2. The van der Waals surface area contributed by atoms with E-state index < -0.39 is 23.9 Å². The lowest BCUT2D eigenvalue weighted by atomic mass is 9.97. The minimum absolute atomic E-state index is 0.0806. The summed E-state index contributed by atoms with van der Waals surface area (Å²) in [5.74, 6) is -0.471. The number of rotatable bonds is 5. The molecule has 0 aromatic heterocycles. The molecule has 0 spiro atoms. The van der Waals surface area contributed by atoms with E-state index in [-0.39, 0.29) is 24.2 Å². The van der Waals surface area contributed by atoms with Crippen LogP contribution in [0.25, 0.3) is 0 Å². The van der Waals surface area contributed by atoms with Crippen molar-refractivity contribution in [3.05, 3.63) is 69.7 Å². The molecule has 1 aliphatic heterocycles. The van der Waals surface area contributed by atoms with Crippen LogP contribution in [-0.2, 0) is 22.3 Å². The molecule has 9 heteroatoms. The molecule has 5 nitrogen and oxygen atoms in total. The predicted octanol–water partition coefficient (Wildman–Crippen LogP) is 4.48. The van der Waals surface area contributed by atoms with Gasteiger partial charge >= 0.3 is 6.18 Å². The van der Waals surface area contributed by atoms with Crippen LogP contribution in [0.15, 0.2) is 42.5 Å². The summed E-state index contributed by atoms with van der Waals surface area (Å²) in [6.07, 6.45) is -4.96. The highest BCUT2D eigenvalue weighted by Gasteiger charge is 2.32. The van der Waals surface area contributed by atoms with Crippen molar-refractivity contribution in [2.75, 3.05) is 0 Å². The van der Waals surface area contributed by atoms with Crippen LogP contribution < -0.4 is 16.0 Å². The lowest BCUT2D eigenvalue weighted by Crippen LogP contribution is -2.46. The second-order valence-electron chi connectivity index (χ2n) is 7.77. The summed E-state index contributed by atoms with van der Waals surface area (Å²) in [5.41, 5.74) is 1.25. The van der Waals surface area contributed by atoms with E-state index in [1.807, 2.05) is 0 Å². The van der Waals surface area contributed by atoms with Crippen LogP contribution in [0.5, 0.6) is 0 Å². The topological polar surface area (TPSA) is 70.2 Å². The monoisotopic (exact) mass is 453 g/mol. The van der Waals surface area contributed by atoms with Crippen LogP contribution in [0.2, 0.25) is 5.02 Å². The van der Waals surface area contributed by atoms with Gasteiger partial charge < -0.3 is 10.6 Å². The van der Waals surface area contributed by atoms with E-state index in [1.165, 1.54) is 12.1 Å². The maximum atomic E-state index is 12.8. The summed E-state index contributed by atoms with van der Waals surface area (Å²) in [6.45, 7) is 3.90. The van der Waals surface area contributed by atoms with Gasteiger partial charge in [-0.15, -0.1) is 0 Å². The molecule has 31 heavy (non-hydrogen) atoms. The second kappa shape index (κ2) is 9.28. The molecule has 0 aliphatic carbocycles. The van der Waals surface area contributed by atoms with Crippen molar-refractivity contribution in [3.63, 3.8) is 0 Å². The van der Waals surface area contributed by atoms with E-state index >= 15 is 0 Å². The van der Waals surface area contributed by atoms with Gasteiger partial charge in [0.2, 0.25) is 11.8 Å². The molecule has 2 atom stereocenters. The van der Waals surface area contributed by atoms with Gasteiger partial charge in [0.05, 0.1) is 5.56 Å². The molecule has 2 aromatic carbocycles. The summed E-state index contributed by atoms with van der Waals surface area (Å²) < 4.78 is 38.5. The third-order valence-corrected chi connectivity index (χ3v) is 5.41. The van der Waals surface area contributed by atoms with E-state index in [0.29, 0.717) is 22.7 Å². The van der Waals surface area contributed by atoms with Gasteiger partial charge in [-0.25, -0.2) is 0 Å². The fourth-order valence-electron chi connectivity index (χ4n) is 3.31. The van der Waals surface area contributed by atoms with Crippen molar-refractivity contribution in [2.24, 2.45) is 5.92 Å². The molecule has 1 heterocycles. The molecule has 3 N–H and O–H groups in total. The number of hydrogen-bond donors (Lipinski definition) is 3. The molecule has 166 valence electrons. The summed E-state index contributed by atoms with van der Waals surface area (Å²) in [6, 6.07) is 9.53. The number of alkyl halides is 3. The van der Waals surface area contributed by atoms with Crippen LogP contribution in [0.4, 0.5) is 13.2 Å². The maximum absolute atomic E-state index is 12.8. The first-order valence-corrected chi connectivity index (χ1v) is 10.2. The van der Waals surface area contributed by atoms with Crippen LogP contribution in [0.3, 0.4) is 0 Å². The average molecular weight is 454 g/mol. The zero-order chi connectivity index (χ0) is 22.8. The van der Waals surface area contributed by atoms with Gasteiger partial charge in [-0.05, 0) is 35.4 Å². The van der Waals surface area contributed by atoms with E-state index in [2.05, 4.69) is 16.0 Å². The van der Waals surface area contributed by atoms with Crippen molar-refractivity contribution in [1.29, 1.82) is 0 Å². The van der Waals surface area contributed by atoms with E-state index in [9.17, 15) is 22.8 Å². The molecular formula is C22H23ClF3N3O2. The zero-order valence-corrected chi connectivity index (χ0v) is 17.8. The summed E-state index contributed by atoms with van der Waals surface area (Å²) in [5, 5.41) is 9.31. The first-order chi connectivity index (χ1) is 14.5. The molecule has 1 saturated heterocycles. The predicted molar refractivity (Wildman–Crippen MR) is 111 cm³/mol. The number of nitrogens with one attached hydrogen (secondary N) is 3. The highest BCUT2D eigenvalue weighted by atomic mass is 35.5. The van der Waals surface area contributed by atoms with Gasteiger partial charge in [0.15, 0.2) is 0 Å². The van der Waals surface area contributed by atoms with Crippen molar-refractivity contribution in [3.8, 4) is 0 Å². The molecule has 0 saturated carbocycles. The highest BCUT2D eigenvalue weighted by Crippen LogP contribution is 2.33. The molecule has 3 rings (SSSR count). The fourth-order valence-corrected chi connectivity index (χ4v) is 3.54. The van der Waals surface area contributed by atoms with Crippen molar-refractivity contribution >= 4 is 23.4 Å². The lowest BCUT2D eigenvalue weighted by Gasteiger charge is -2.33. The van der Waals surface area contributed by atoms with Gasteiger partial charge in [-0.1, -0.05) is 43.6 Å². The Hall–Kier alpha value is -2.58. The normalized spacial score (nSPS) is 19.3. The maximum Gasteiger partial charge on any atom is 0.416 e. The summed E-state index contributed by atoms with van der Waals surface area (Å²) in [4.78, 5) is 24.1. The number of hydrogen-bond acceptors (Lipinski definition) is 3. The van der Waals surface area contributed by atoms with Gasteiger partial charge in [-0.3, -0.25) is 14.9 Å². The van der Waals surface area contributed by atoms with E-state index in [0.717, 1.165) is 17.7 Å². The van der Waals surface area contributed by atoms with Crippen molar-refractivity contribution < 1.29 is 22.8 Å². The quantitative estimate of drug-likeness (QED) is 0.625. The SMILES string of the molecule is CC(C)C(=O)NCc1ccc(Cl)c(C2NC(=O)CC(c3ccc(C(F)(F)F)cc3)N2)c1. The average Bonchev–Trinajstić information content (AvgIpc) is 2.71. The first-order valence-electron chi connectivity index (χ1n) is 9.83. The summed E-state index contributed by atoms with van der Waals surface area (Å²) in [7, 11) is 0. The molecule has 1 aliphatic rings. The number of carbonyl (C=O) groups is 2. The number of amides is 2. The van der Waals surface area contributed by atoms with Gasteiger partial charge in [0.1, 0.15) is 6.17 Å². The first kappa shape index (κ1) is 23.1. The molecule has 2 unspecified atom stereocenters. The Morgan fingerprint density at radius 3 is 2.48 bits per heavy atom. The zero-order valence-electron chi connectivity index (χ0n) is 17.0. The Morgan fingerprint density at radius 2 is 1.87 bits per heavy atom. The fraction of sp³-hybridized carbons (Fsp3) is 0.364. The third-order valence-electron chi connectivity index (χ3n) is 5.07. The molecule has 0 bridgehead atoms. The lowest BCUT2D eigenvalue weighted by molar-refractivity contribution is -0.137. The Kier molecular flexibility index (Phi) is 6.91. The van der Waals surface area contributed by atoms with E-state index in [4.69, 9.17) is 11.6 Å². The van der Waals surface area contributed by atoms with Crippen LogP contribution in [-0.4, -0.2) is 11.8 Å². The van der Waals surface area contributed by atoms with Gasteiger partial charge in [-0.2, -0.15) is 13.2 Å². The van der Waals surface area contributed by atoms with Crippen LogP contribution in [0, 0.1) is 5.92 Å². The Labute approximate surface area is 183 Å². The second-order valence-corrected chi connectivity index (χ2v) is 8.18. The smallest absolute Gasteiger partial charge is 0.352 e.